The molecule has 0 bridgehead atoms. The zero-order valence-electron chi connectivity index (χ0n) is 10.2. The zero-order chi connectivity index (χ0) is 14.1. The van der Waals surface area contributed by atoms with Crippen molar-refractivity contribution in [2.45, 2.75) is 0 Å². The molecule has 7 nitrogen and oxygen atoms in total. The first-order valence-electron chi connectivity index (χ1n) is 5.77. The van der Waals surface area contributed by atoms with Gasteiger partial charge in [-0.3, -0.25) is 15.1 Å². The van der Waals surface area contributed by atoms with Gasteiger partial charge in [0.15, 0.2) is 5.69 Å². The number of nitrogens with two attached hydrogens (primary N) is 1. The van der Waals surface area contributed by atoms with Crippen molar-refractivity contribution in [2.24, 2.45) is 0 Å². The molecule has 0 unspecified atom stereocenters. The van der Waals surface area contributed by atoms with Gasteiger partial charge < -0.3 is 5.73 Å². The number of pyridine rings is 1. The molecule has 0 aliphatic rings. The summed E-state index contributed by atoms with van der Waals surface area (Å²) in [4.78, 5) is 22.4. The van der Waals surface area contributed by atoms with Crippen molar-refractivity contribution in [1.82, 2.24) is 15.0 Å². The van der Waals surface area contributed by atoms with Crippen LogP contribution in [0.15, 0.2) is 42.9 Å². The SMILES string of the molecule is Nc1ncnc(-c2ccc3cccnc3c2)c1[N+](=O)[O-]. The zero-order valence-corrected chi connectivity index (χ0v) is 10.2. The summed E-state index contributed by atoms with van der Waals surface area (Å²) in [5.41, 5.74) is 6.78. The summed E-state index contributed by atoms with van der Waals surface area (Å²) in [7, 11) is 0. The van der Waals surface area contributed by atoms with E-state index in [1.54, 1.807) is 18.3 Å². The summed E-state index contributed by atoms with van der Waals surface area (Å²) >= 11 is 0. The number of nitro groups is 1. The van der Waals surface area contributed by atoms with Gasteiger partial charge in [0.1, 0.15) is 6.33 Å². The number of aromatic nitrogens is 3. The van der Waals surface area contributed by atoms with Crippen molar-refractivity contribution < 1.29 is 4.92 Å². The molecule has 0 fully saturated rings. The van der Waals surface area contributed by atoms with E-state index in [1.165, 1.54) is 6.33 Å². The maximum absolute atomic E-state index is 11.1. The topological polar surface area (TPSA) is 108 Å². The quantitative estimate of drug-likeness (QED) is 0.563. The number of nitrogens with zero attached hydrogens (tertiary/aromatic N) is 4. The molecule has 20 heavy (non-hydrogen) atoms. The lowest BCUT2D eigenvalue weighted by Gasteiger charge is -2.04. The predicted molar refractivity (Wildman–Crippen MR) is 73.8 cm³/mol. The van der Waals surface area contributed by atoms with Crippen LogP contribution in [0.4, 0.5) is 11.5 Å². The minimum Gasteiger partial charge on any atom is -0.378 e. The van der Waals surface area contributed by atoms with Gasteiger partial charge in [0.05, 0.1) is 10.4 Å². The third-order valence-corrected chi connectivity index (χ3v) is 2.91. The molecule has 0 saturated carbocycles. The predicted octanol–water partition coefficient (Wildman–Crippen LogP) is 2.18. The van der Waals surface area contributed by atoms with Crippen molar-refractivity contribution in [2.75, 3.05) is 5.73 Å². The van der Waals surface area contributed by atoms with E-state index in [9.17, 15) is 10.1 Å². The number of benzene rings is 1. The van der Waals surface area contributed by atoms with Crippen molar-refractivity contribution in [1.29, 1.82) is 0 Å². The number of nitrogen functional groups attached to an aromatic ring is 1. The van der Waals surface area contributed by atoms with Crippen LogP contribution >= 0.6 is 0 Å². The lowest BCUT2D eigenvalue weighted by molar-refractivity contribution is -0.383. The second-order valence-electron chi connectivity index (χ2n) is 4.12. The van der Waals surface area contributed by atoms with E-state index < -0.39 is 4.92 Å². The molecule has 2 aromatic heterocycles. The molecule has 7 heteroatoms. The maximum Gasteiger partial charge on any atom is 0.337 e. The molecule has 98 valence electrons. The molecule has 0 saturated heterocycles. The highest BCUT2D eigenvalue weighted by Gasteiger charge is 2.22. The standard InChI is InChI=1S/C13H9N5O2/c14-13-12(18(19)20)11(16-7-17-13)9-4-3-8-2-1-5-15-10(8)6-9/h1-7H,(H2,14,16,17). The van der Waals surface area contributed by atoms with E-state index in [1.807, 2.05) is 18.2 Å². The van der Waals surface area contributed by atoms with Crippen LogP contribution in [0.1, 0.15) is 0 Å². The van der Waals surface area contributed by atoms with Crippen LogP contribution in [0, 0.1) is 10.1 Å². The van der Waals surface area contributed by atoms with Crippen LogP contribution in [-0.2, 0) is 0 Å². The Hall–Kier alpha value is -3.09. The summed E-state index contributed by atoms with van der Waals surface area (Å²) in [6, 6.07) is 9.06. The van der Waals surface area contributed by atoms with Crippen LogP contribution in [0.2, 0.25) is 0 Å². The van der Waals surface area contributed by atoms with Gasteiger partial charge in [-0.15, -0.1) is 0 Å². The molecular weight excluding hydrogens is 258 g/mol. The smallest absolute Gasteiger partial charge is 0.337 e. The molecule has 3 rings (SSSR count). The van der Waals surface area contributed by atoms with Crippen LogP contribution in [-0.4, -0.2) is 19.9 Å². The fourth-order valence-electron chi connectivity index (χ4n) is 2.00. The normalized spacial score (nSPS) is 10.6. The van der Waals surface area contributed by atoms with Gasteiger partial charge in [-0.2, -0.15) is 0 Å². The Bertz CT molecular complexity index is 819. The molecule has 1 aromatic carbocycles. The van der Waals surface area contributed by atoms with Crippen LogP contribution in [0.25, 0.3) is 22.2 Å². The Morgan fingerprint density at radius 3 is 2.80 bits per heavy atom. The molecule has 0 radical (unpaired) electrons. The molecule has 3 aromatic rings. The summed E-state index contributed by atoms with van der Waals surface area (Å²) in [6.07, 6.45) is 2.87. The van der Waals surface area contributed by atoms with Gasteiger partial charge >= 0.3 is 5.69 Å². The summed E-state index contributed by atoms with van der Waals surface area (Å²) in [5, 5.41) is 12.1. The second-order valence-corrected chi connectivity index (χ2v) is 4.12. The van der Waals surface area contributed by atoms with Gasteiger partial charge in [-0.1, -0.05) is 18.2 Å². The highest BCUT2D eigenvalue weighted by Crippen LogP contribution is 2.32. The first-order valence-corrected chi connectivity index (χ1v) is 5.77. The largest absolute Gasteiger partial charge is 0.378 e. The number of fused-ring (bicyclic) bond motifs is 1. The van der Waals surface area contributed by atoms with Crippen LogP contribution in [0.5, 0.6) is 0 Å². The minimum absolute atomic E-state index is 0.152. The Morgan fingerprint density at radius 1 is 1.15 bits per heavy atom. The third kappa shape index (κ3) is 1.91. The van der Waals surface area contributed by atoms with Crippen molar-refractivity contribution in [3.8, 4) is 11.3 Å². The third-order valence-electron chi connectivity index (χ3n) is 2.91. The lowest BCUT2D eigenvalue weighted by Crippen LogP contribution is -2.02. The van der Waals surface area contributed by atoms with Crippen molar-refractivity contribution in [3.63, 3.8) is 0 Å². The Balaban J connectivity index is 2.25. The van der Waals surface area contributed by atoms with E-state index in [2.05, 4.69) is 15.0 Å². The van der Waals surface area contributed by atoms with Crippen molar-refractivity contribution in [3.05, 3.63) is 53.0 Å². The Morgan fingerprint density at radius 2 is 2.00 bits per heavy atom. The van der Waals surface area contributed by atoms with E-state index in [-0.39, 0.29) is 17.2 Å². The van der Waals surface area contributed by atoms with Gasteiger partial charge in [-0.05, 0) is 12.1 Å². The highest BCUT2D eigenvalue weighted by molar-refractivity contribution is 5.86. The minimum atomic E-state index is -0.576. The Kier molecular flexibility index (Phi) is 2.72. The maximum atomic E-state index is 11.1. The average molecular weight is 267 g/mol. The monoisotopic (exact) mass is 267 g/mol. The molecule has 0 aliphatic heterocycles. The van der Waals surface area contributed by atoms with Crippen LogP contribution < -0.4 is 5.73 Å². The van der Waals surface area contributed by atoms with E-state index in [0.717, 1.165) is 10.9 Å². The van der Waals surface area contributed by atoms with Gasteiger partial charge in [0, 0.05) is 17.1 Å². The number of anilines is 1. The fourth-order valence-corrected chi connectivity index (χ4v) is 2.00. The molecular formula is C13H9N5O2. The first-order chi connectivity index (χ1) is 9.66. The van der Waals surface area contributed by atoms with Gasteiger partial charge in [-0.25, -0.2) is 9.97 Å². The summed E-state index contributed by atoms with van der Waals surface area (Å²) in [5.74, 6) is -0.152. The number of rotatable bonds is 2. The fraction of sp³-hybridized carbons (Fsp3) is 0. The number of hydrogen-bond donors (Lipinski definition) is 1. The van der Waals surface area contributed by atoms with E-state index in [4.69, 9.17) is 5.73 Å². The van der Waals surface area contributed by atoms with Gasteiger partial charge in [0.2, 0.25) is 5.82 Å². The molecule has 0 aliphatic carbocycles. The molecule has 2 N–H and O–H groups in total. The summed E-state index contributed by atoms with van der Waals surface area (Å²) in [6.45, 7) is 0. The van der Waals surface area contributed by atoms with Crippen LogP contribution in [0.3, 0.4) is 0 Å². The van der Waals surface area contributed by atoms with Gasteiger partial charge in [0.25, 0.3) is 0 Å². The first kappa shape index (κ1) is 12.0. The molecule has 2 heterocycles. The van der Waals surface area contributed by atoms with E-state index >= 15 is 0 Å². The van der Waals surface area contributed by atoms with E-state index in [0.29, 0.717) is 5.56 Å². The second kappa shape index (κ2) is 4.54. The Labute approximate surface area is 113 Å². The number of hydrogen-bond acceptors (Lipinski definition) is 6. The lowest BCUT2D eigenvalue weighted by atomic mass is 10.1. The highest BCUT2D eigenvalue weighted by atomic mass is 16.6. The van der Waals surface area contributed by atoms with Crippen molar-refractivity contribution >= 4 is 22.4 Å². The molecule has 0 atom stereocenters. The summed E-state index contributed by atoms with van der Waals surface area (Å²) < 4.78 is 0. The molecule has 0 amide bonds. The molecule has 0 spiro atoms. The average Bonchev–Trinajstić information content (AvgIpc) is 2.46.